The van der Waals surface area contributed by atoms with E-state index in [2.05, 4.69) is 16.4 Å². The SMILES string of the molecule is COc1cc(-n2cc(-c3ccc(C#N)cc3)nn2)cc(OC)c1OC. The molecule has 0 saturated heterocycles. The first-order chi connectivity index (χ1) is 12.2. The van der Waals surface area contributed by atoms with Crippen LogP contribution in [0.5, 0.6) is 17.2 Å². The predicted octanol–water partition coefficient (Wildman–Crippen LogP) is 2.83. The van der Waals surface area contributed by atoms with Crippen LogP contribution < -0.4 is 14.2 Å². The van der Waals surface area contributed by atoms with E-state index in [4.69, 9.17) is 19.5 Å². The summed E-state index contributed by atoms with van der Waals surface area (Å²) in [6.07, 6.45) is 1.79. The lowest BCUT2D eigenvalue weighted by Crippen LogP contribution is -2.00. The highest BCUT2D eigenvalue weighted by molar-refractivity contribution is 5.61. The second-order valence-electron chi connectivity index (χ2n) is 5.12. The molecule has 0 bridgehead atoms. The molecular formula is C18H16N4O3. The van der Waals surface area contributed by atoms with Crippen molar-refractivity contribution in [3.05, 3.63) is 48.2 Å². The zero-order valence-corrected chi connectivity index (χ0v) is 14.1. The topological polar surface area (TPSA) is 82.2 Å². The van der Waals surface area contributed by atoms with Crippen molar-refractivity contribution in [1.82, 2.24) is 15.0 Å². The van der Waals surface area contributed by atoms with Crippen LogP contribution in [-0.4, -0.2) is 36.3 Å². The summed E-state index contributed by atoms with van der Waals surface area (Å²) in [6.45, 7) is 0. The minimum Gasteiger partial charge on any atom is -0.493 e. The standard InChI is InChI=1S/C18H16N4O3/c1-23-16-8-14(9-17(24-2)18(16)25-3)22-11-15(20-21-22)13-6-4-12(10-19)5-7-13/h4-9,11H,1-3H3. The third-order valence-electron chi connectivity index (χ3n) is 3.72. The van der Waals surface area contributed by atoms with E-state index in [1.165, 1.54) is 0 Å². The van der Waals surface area contributed by atoms with Crippen molar-refractivity contribution in [2.45, 2.75) is 0 Å². The molecular weight excluding hydrogens is 320 g/mol. The monoisotopic (exact) mass is 336 g/mol. The molecule has 0 saturated carbocycles. The summed E-state index contributed by atoms with van der Waals surface area (Å²) in [5.41, 5.74) is 2.89. The molecule has 0 amide bonds. The lowest BCUT2D eigenvalue weighted by Gasteiger charge is -2.13. The molecule has 1 aromatic heterocycles. The first kappa shape index (κ1) is 16.3. The van der Waals surface area contributed by atoms with Gasteiger partial charge in [-0.3, -0.25) is 0 Å². The van der Waals surface area contributed by atoms with Crippen molar-refractivity contribution in [2.24, 2.45) is 0 Å². The maximum atomic E-state index is 8.88. The van der Waals surface area contributed by atoms with Crippen molar-refractivity contribution >= 4 is 0 Å². The van der Waals surface area contributed by atoms with E-state index in [1.807, 2.05) is 12.1 Å². The highest BCUT2D eigenvalue weighted by atomic mass is 16.5. The van der Waals surface area contributed by atoms with Gasteiger partial charge in [-0.25, -0.2) is 4.68 Å². The van der Waals surface area contributed by atoms with Gasteiger partial charge in [0.25, 0.3) is 0 Å². The third-order valence-corrected chi connectivity index (χ3v) is 3.72. The molecule has 0 aliphatic rings. The van der Waals surface area contributed by atoms with Gasteiger partial charge in [-0.05, 0) is 12.1 Å². The molecule has 126 valence electrons. The van der Waals surface area contributed by atoms with Crippen molar-refractivity contribution in [3.63, 3.8) is 0 Å². The van der Waals surface area contributed by atoms with Gasteiger partial charge in [0.1, 0.15) is 5.69 Å². The number of nitrogens with zero attached hydrogens (tertiary/aromatic N) is 4. The van der Waals surface area contributed by atoms with Gasteiger partial charge in [0, 0.05) is 17.7 Å². The van der Waals surface area contributed by atoms with E-state index in [-0.39, 0.29) is 0 Å². The first-order valence-corrected chi connectivity index (χ1v) is 7.43. The summed E-state index contributed by atoms with van der Waals surface area (Å²) < 4.78 is 17.7. The summed E-state index contributed by atoms with van der Waals surface area (Å²) in [4.78, 5) is 0. The Hall–Kier alpha value is -3.53. The summed E-state index contributed by atoms with van der Waals surface area (Å²) in [5, 5.41) is 17.2. The molecule has 3 rings (SSSR count). The molecule has 0 aliphatic carbocycles. The van der Waals surface area contributed by atoms with E-state index in [9.17, 15) is 0 Å². The molecule has 2 aromatic carbocycles. The largest absolute Gasteiger partial charge is 0.493 e. The average molecular weight is 336 g/mol. The van der Waals surface area contributed by atoms with Crippen LogP contribution in [0, 0.1) is 11.3 Å². The zero-order chi connectivity index (χ0) is 17.8. The van der Waals surface area contributed by atoms with E-state index in [1.54, 1.807) is 56.5 Å². The van der Waals surface area contributed by atoms with Crippen molar-refractivity contribution in [3.8, 4) is 40.3 Å². The molecule has 25 heavy (non-hydrogen) atoms. The second kappa shape index (κ2) is 6.93. The van der Waals surface area contributed by atoms with Gasteiger partial charge in [-0.15, -0.1) is 5.10 Å². The average Bonchev–Trinajstić information content (AvgIpc) is 3.17. The minimum absolute atomic E-state index is 0.515. The van der Waals surface area contributed by atoms with Crippen molar-refractivity contribution in [2.75, 3.05) is 21.3 Å². The Kier molecular flexibility index (Phi) is 4.53. The number of aromatic nitrogens is 3. The van der Waals surface area contributed by atoms with E-state index >= 15 is 0 Å². The molecule has 1 heterocycles. The van der Waals surface area contributed by atoms with Crippen LogP contribution in [0.1, 0.15) is 5.56 Å². The number of methoxy groups -OCH3 is 3. The van der Waals surface area contributed by atoms with Crippen molar-refractivity contribution in [1.29, 1.82) is 5.26 Å². The van der Waals surface area contributed by atoms with E-state index < -0.39 is 0 Å². The molecule has 0 N–H and O–H groups in total. The second-order valence-corrected chi connectivity index (χ2v) is 5.12. The number of ether oxygens (including phenoxy) is 3. The predicted molar refractivity (Wildman–Crippen MR) is 91.2 cm³/mol. The van der Waals surface area contributed by atoms with Crippen LogP contribution >= 0.6 is 0 Å². The number of rotatable bonds is 5. The fraction of sp³-hybridized carbons (Fsp3) is 0.167. The Balaban J connectivity index is 2.00. The van der Waals surface area contributed by atoms with Gasteiger partial charge in [0.2, 0.25) is 5.75 Å². The highest BCUT2D eigenvalue weighted by Gasteiger charge is 2.15. The Labute approximate surface area is 145 Å². The third kappa shape index (κ3) is 3.10. The minimum atomic E-state index is 0.515. The fourth-order valence-electron chi connectivity index (χ4n) is 2.44. The fourth-order valence-corrected chi connectivity index (χ4v) is 2.44. The summed E-state index contributed by atoms with van der Waals surface area (Å²) in [7, 11) is 4.67. The van der Waals surface area contributed by atoms with Crippen LogP contribution in [0.3, 0.4) is 0 Å². The van der Waals surface area contributed by atoms with E-state index in [0.29, 0.717) is 28.5 Å². The van der Waals surface area contributed by atoms with Gasteiger partial charge >= 0.3 is 0 Å². The Morgan fingerprint density at radius 3 is 2.12 bits per heavy atom. The van der Waals surface area contributed by atoms with Gasteiger partial charge in [0.05, 0.1) is 44.8 Å². The van der Waals surface area contributed by atoms with E-state index in [0.717, 1.165) is 11.3 Å². The van der Waals surface area contributed by atoms with Crippen LogP contribution in [0.25, 0.3) is 16.9 Å². The van der Waals surface area contributed by atoms with Gasteiger partial charge in [0.15, 0.2) is 11.5 Å². The molecule has 0 aliphatic heterocycles. The number of nitriles is 1. The highest BCUT2D eigenvalue weighted by Crippen LogP contribution is 2.39. The molecule has 7 nitrogen and oxygen atoms in total. The summed E-state index contributed by atoms with van der Waals surface area (Å²) in [6, 6.07) is 12.8. The Morgan fingerprint density at radius 2 is 1.60 bits per heavy atom. The summed E-state index contributed by atoms with van der Waals surface area (Å²) in [5.74, 6) is 1.58. The zero-order valence-electron chi connectivity index (χ0n) is 14.1. The number of hydrogen-bond donors (Lipinski definition) is 0. The normalized spacial score (nSPS) is 10.2. The molecule has 0 unspecified atom stereocenters. The van der Waals surface area contributed by atoms with Crippen molar-refractivity contribution < 1.29 is 14.2 Å². The lowest BCUT2D eigenvalue weighted by atomic mass is 10.1. The molecule has 0 atom stereocenters. The van der Waals surface area contributed by atoms with Crippen LogP contribution in [0.2, 0.25) is 0 Å². The number of benzene rings is 2. The quantitative estimate of drug-likeness (QED) is 0.712. The maximum Gasteiger partial charge on any atom is 0.203 e. The van der Waals surface area contributed by atoms with Gasteiger partial charge in [-0.2, -0.15) is 5.26 Å². The molecule has 0 fully saturated rings. The van der Waals surface area contributed by atoms with Gasteiger partial charge in [-0.1, -0.05) is 17.3 Å². The molecule has 0 spiro atoms. The lowest BCUT2D eigenvalue weighted by molar-refractivity contribution is 0.324. The van der Waals surface area contributed by atoms with Crippen LogP contribution in [0.4, 0.5) is 0 Å². The van der Waals surface area contributed by atoms with Crippen LogP contribution in [0.15, 0.2) is 42.6 Å². The summed E-state index contributed by atoms with van der Waals surface area (Å²) >= 11 is 0. The first-order valence-electron chi connectivity index (χ1n) is 7.43. The Bertz CT molecular complexity index is 901. The molecule has 3 aromatic rings. The number of hydrogen-bond acceptors (Lipinski definition) is 6. The van der Waals surface area contributed by atoms with Gasteiger partial charge < -0.3 is 14.2 Å². The molecule has 0 radical (unpaired) electrons. The Morgan fingerprint density at radius 1 is 0.960 bits per heavy atom. The maximum absolute atomic E-state index is 8.88. The van der Waals surface area contributed by atoms with Crippen LogP contribution in [-0.2, 0) is 0 Å². The smallest absolute Gasteiger partial charge is 0.203 e. The molecule has 7 heteroatoms.